The number of H-pyrrole nitrogens is 1. The van der Waals surface area contributed by atoms with Crippen molar-refractivity contribution in [3.8, 4) is 11.4 Å². The molecule has 2 aliphatic heterocycles. The summed E-state index contributed by atoms with van der Waals surface area (Å²) in [7, 11) is 2.17. The largest absolute Gasteiger partial charge is 0.396 e. The second-order valence-electron chi connectivity index (χ2n) is 9.44. The van der Waals surface area contributed by atoms with Gasteiger partial charge in [0.15, 0.2) is 5.65 Å². The minimum absolute atomic E-state index is 0.265. The number of aliphatic hydroxyl groups excluding tert-OH is 1. The van der Waals surface area contributed by atoms with Crippen molar-refractivity contribution in [3.63, 3.8) is 0 Å². The van der Waals surface area contributed by atoms with E-state index in [1.165, 1.54) is 5.69 Å². The average Bonchev–Trinajstić information content (AvgIpc) is 3.31. The van der Waals surface area contributed by atoms with Crippen LogP contribution in [0.15, 0.2) is 30.5 Å². The van der Waals surface area contributed by atoms with E-state index in [4.69, 9.17) is 21.7 Å². The molecule has 2 fully saturated rings. The van der Waals surface area contributed by atoms with E-state index in [2.05, 4.69) is 61.3 Å². The topological polar surface area (TPSA) is 83.6 Å². The first-order chi connectivity index (χ1) is 16.6. The van der Waals surface area contributed by atoms with Gasteiger partial charge in [-0.3, -0.25) is 4.90 Å². The molecule has 4 heterocycles. The lowest BCUT2D eigenvalue weighted by Crippen LogP contribution is -2.46. The normalized spacial score (nSPS) is 18.6. The van der Waals surface area contributed by atoms with Gasteiger partial charge < -0.3 is 25.2 Å². The third kappa shape index (κ3) is 5.15. The Kier molecular flexibility index (Phi) is 7.20. The summed E-state index contributed by atoms with van der Waals surface area (Å²) in [6.45, 7) is 7.48. The standard InChI is InChI=1S/C25H34ClN7O/c1-31-10-7-19(8-11-31)28-22-21(26)17-27-25-23(22)29-24(30-25)18-3-5-20(6-4-18)33-14-12-32(13-15-33)9-2-16-34/h3-6,17,19,34H,2,7-16H2,1H3,(H2,27,28,29,30). The molecule has 2 saturated heterocycles. The highest BCUT2D eigenvalue weighted by molar-refractivity contribution is 6.34. The number of aliphatic hydroxyl groups is 1. The number of aromatic amines is 1. The van der Waals surface area contributed by atoms with Gasteiger partial charge in [0, 0.05) is 56.6 Å². The van der Waals surface area contributed by atoms with Crippen molar-refractivity contribution in [1.82, 2.24) is 24.8 Å². The SMILES string of the molecule is CN1CCC(Nc2c(Cl)cnc3nc(-c4ccc(N5CCN(CCCO)CC5)cc4)[nH]c23)CC1. The summed E-state index contributed by atoms with van der Waals surface area (Å²) in [5, 5.41) is 13.3. The lowest BCUT2D eigenvalue weighted by molar-refractivity contribution is 0.216. The van der Waals surface area contributed by atoms with E-state index in [-0.39, 0.29) is 6.61 Å². The number of nitrogens with zero attached hydrogens (tertiary/aromatic N) is 5. The van der Waals surface area contributed by atoms with Gasteiger partial charge in [0.1, 0.15) is 11.3 Å². The molecule has 0 amide bonds. The summed E-state index contributed by atoms with van der Waals surface area (Å²) in [5.41, 5.74) is 4.70. The minimum atomic E-state index is 0.265. The van der Waals surface area contributed by atoms with Crippen LogP contribution in [0.5, 0.6) is 0 Å². The maximum absolute atomic E-state index is 9.04. The highest BCUT2D eigenvalue weighted by Crippen LogP contribution is 2.32. The van der Waals surface area contributed by atoms with Gasteiger partial charge in [0.25, 0.3) is 0 Å². The molecule has 0 saturated carbocycles. The zero-order valence-electron chi connectivity index (χ0n) is 19.8. The van der Waals surface area contributed by atoms with Crippen LogP contribution < -0.4 is 10.2 Å². The Bertz CT molecular complexity index is 1090. The third-order valence-corrected chi connectivity index (χ3v) is 7.34. The number of halogens is 1. The number of aromatic nitrogens is 3. The molecule has 2 aliphatic rings. The van der Waals surface area contributed by atoms with Gasteiger partial charge in [-0.1, -0.05) is 11.6 Å². The van der Waals surface area contributed by atoms with Crippen LogP contribution in [0.3, 0.4) is 0 Å². The Morgan fingerprint density at radius 3 is 2.53 bits per heavy atom. The van der Waals surface area contributed by atoms with E-state index >= 15 is 0 Å². The highest BCUT2D eigenvalue weighted by Gasteiger charge is 2.21. The molecule has 182 valence electrons. The number of imidazole rings is 1. The van der Waals surface area contributed by atoms with Crippen LogP contribution >= 0.6 is 11.6 Å². The van der Waals surface area contributed by atoms with Crippen LogP contribution in [-0.4, -0.2) is 95.4 Å². The number of fused-ring (bicyclic) bond motifs is 1. The molecule has 1 aromatic carbocycles. The maximum atomic E-state index is 9.04. The van der Waals surface area contributed by atoms with Crippen molar-refractivity contribution < 1.29 is 5.11 Å². The zero-order valence-corrected chi connectivity index (χ0v) is 20.6. The number of piperidine rings is 1. The van der Waals surface area contributed by atoms with Gasteiger partial charge in [-0.05, 0) is 63.7 Å². The first-order valence-electron chi connectivity index (χ1n) is 12.3. The molecule has 0 atom stereocenters. The van der Waals surface area contributed by atoms with Gasteiger partial charge in [0.2, 0.25) is 0 Å². The Labute approximate surface area is 205 Å². The van der Waals surface area contributed by atoms with Crippen LogP contribution in [0, 0.1) is 0 Å². The Hall–Kier alpha value is -2.39. The van der Waals surface area contributed by atoms with Crippen molar-refractivity contribution in [3.05, 3.63) is 35.5 Å². The maximum Gasteiger partial charge on any atom is 0.180 e. The number of anilines is 2. The fourth-order valence-corrected chi connectivity index (χ4v) is 5.12. The lowest BCUT2D eigenvalue weighted by atomic mass is 10.1. The molecule has 8 nitrogen and oxygen atoms in total. The average molecular weight is 484 g/mol. The second-order valence-corrected chi connectivity index (χ2v) is 9.85. The summed E-state index contributed by atoms with van der Waals surface area (Å²) >= 11 is 6.55. The summed E-state index contributed by atoms with van der Waals surface area (Å²) in [5.74, 6) is 0.802. The number of benzene rings is 1. The molecule has 0 spiro atoms. The van der Waals surface area contributed by atoms with E-state index in [9.17, 15) is 0 Å². The Morgan fingerprint density at radius 2 is 1.82 bits per heavy atom. The van der Waals surface area contributed by atoms with E-state index in [1.54, 1.807) is 6.20 Å². The Morgan fingerprint density at radius 1 is 1.09 bits per heavy atom. The van der Waals surface area contributed by atoms with Gasteiger partial charge in [-0.2, -0.15) is 0 Å². The minimum Gasteiger partial charge on any atom is -0.396 e. The molecule has 5 rings (SSSR count). The number of rotatable bonds is 7. The molecule has 0 bridgehead atoms. The molecule has 0 aliphatic carbocycles. The molecular formula is C25H34ClN7O. The van der Waals surface area contributed by atoms with Gasteiger partial charge in [0.05, 0.1) is 16.9 Å². The molecule has 9 heteroatoms. The predicted octanol–water partition coefficient (Wildman–Crippen LogP) is 3.29. The van der Waals surface area contributed by atoms with Crippen LogP contribution in [0.4, 0.5) is 11.4 Å². The smallest absolute Gasteiger partial charge is 0.180 e. The first kappa shape index (κ1) is 23.4. The predicted molar refractivity (Wildman–Crippen MR) is 139 cm³/mol. The number of hydrogen-bond donors (Lipinski definition) is 3. The third-order valence-electron chi connectivity index (χ3n) is 7.05. The fraction of sp³-hybridized carbons (Fsp3) is 0.520. The summed E-state index contributed by atoms with van der Waals surface area (Å²) in [4.78, 5) is 19.9. The van der Waals surface area contributed by atoms with Crippen molar-refractivity contribution in [2.45, 2.75) is 25.3 Å². The summed E-state index contributed by atoms with van der Waals surface area (Å²) in [6.07, 6.45) is 4.72. The van der Waals surface area contributed by atoms with E-state index in [1.807, 2.05) is 0 Å². The summed E-state index contributed by atoms with van der Waals surface area (Å²) < 4.78 is 0. The van der Waals surface area contributed by atoms with Crippen molar-refractivity contribution in [1.29, 1.82) is 0 Å². The van der Waals surface area contributed by atoms with Crippen molar-refractivity contribution in [2.24, 2.45) is 0 Å². The molecular weight excluding hydrogens is 450 g/mol. The zero-order chi connectivity index (χ0) is 23.5. The molecule has 2 aromatic heterocycles. The summed E-state index contributed by atoms with van der Waals surface area (Å²) in [6, 6.07) is 8.98. The molecule has 34 heavy (non-hydrogen) atoms. The number of nitrogens with one attached hydrogen (secondary N) is 2. The monoisotopic (exact) mass is 483 g/mol. The first-order valence-corrected chi connectivity index (χ1v) is 12.7. The fourth-order valence-electron chi connectivity index (χ4n) is 4.92. The van der Waals surface area contributed by atoms with Crippen molar-refractivity contribution >= 4 is 34.1 Å². The number of piperazine rings is 1. The van der Waals surface area contributed by atoms with Gasteiger partial charge >= 0.3 is 0 Å². The second kappa shape index (κ2) is 10.5. The number of pyridine rings is 1. The molecule has 0 radical (unpaired) electrons. The van der Waals surface area contributed by atoms with E-state index in [0.717, 1.165) is 87.7 Å². The van der Waals surface area contributed by atoms with Gasteiger partial charge in [-0.25, -0.2) is 9.97 Å². The number of hydrogen-bond acceptors (Lipinski definition) is 7. The molecule has 0 unspecified atom stereocenters. The van der Waals surface area contributed by atoms with Crippen LogP contribution in [0.1, 0.15) is 19.3 Å². The lowest BCUT2D eigenvalue weighted by Gasteiger charge is -2.36. The van der Waals surface area contributed by atoms with Gasteiger partial charge in [-0.15, -0.1) is 0 Å². The van der Waals surface area contributed by atoms with Crippen LogP contribution in [0.25, 0.3) is 22.6 Å². The number of likely N-dealkylation sites (tertiary alicyclic amines) is 1. The Balaban J connectivity index is 1.30. The van der Waals surface area contributed by atoms with Crippen molar-refractivity contribution in [2.75, 3.05) is 69.7 Å². The van der Waals surface area contributed by atoms with Crippen LogP contribution in [0.2, 0.25) is 5.02 Å². The van der Waals surface area contributed by atoms with Crippen LogP contribution in [-0.2, 0) is 0 Å². The highest BCUT2D eigenvalue weighted by atomic mass is 35.5. The molecule has 3 N–H and O–H groups in total. The molecule has 3 aromatic rings. The van der Waals surface area contributed by atoms with E-state index in [0.29, 0.717) is 16.7 Å². The van der Waals surface area contributed by atoms with E-state index < -0.39 is 0 Å². The quantitative estimate of drug-likeness (QED) is 0.475.